The lowest BCUT2D eigenvalue weighted by Crippen LogP contribution is -2.44. The molecule has 0 radical (unpaired) electrons. The molecule has 258 valence electrons. The first-order valence-electron chi connectivity index (χ1n) is 16.3. The Labute approximate surface area is 291 Å². The van der Waals surface area contributed by atoms with Crippen LogP contribution in [0, 0.1) is 23.6 Å². The number of ether oxygens (including phenoxy) is 2. The first kappa shape index (κ1) is 37.0. The van der Waals surface area contributed by atoms with Crippen molar-refractivity contribution in [1.82, 2.24) is 15.2 Å². The molecule has 0 fully saturated rings. The number of amidine groups is 1. The number of halogens is 2. The van der Waals surface area contributed by atoms with Crippen molar-refractivity contribution in [2.24, 2.45) is 22.7 Å². The molecule has 2 aliphatic heterocycles. The molecule has 2 aliphatic rings. The van der Waals surface area contributed by atoms with Crippen LogP contribution in [-0.2, 0) is 23.9 Å². The Balaban J connectivity index is 1.52. The second-order valence-electron chi connectivity index (χ2n) is 12.5. The van der Waals surface area contributed by atoms with Crippen molar-refractivity contribution in [3.05, 3.63) is 86.3 Å². The van der Waals surface area contributed by atoms with Gasteiger partial charge in [0.05, 0.1) is 30.2 Å². The Morgan fingerprint density at radius 1 is 1.23 bits per heavy atom. The van der Waals surface area contributed by atoms with Crippen molar-refractivity contribution in [3.63, 3.8) is 0 Å². The van der Waals surface area contributed by atoms with Gasteiger partial charge in [0.25, 0.3) is 0 Å². The summed E-state index contributed by atoms with van der Waals surface area (Å²) in [5, 5.41) is 5.63. The van der Waals surface area contributed by atoms with Crippen LogP contribution in [0.3, 0.4) is 0 Å². The number of nitrogens with one attached hydrogen (secondary N) is 1. The van der Waals surface area contributed by atoms with Crippen molar-refractivity contribution < 1.29 is 28.2 Å². The lowest BCUT2D eigenvalue weighted by atomic mass is 9.81. The molecule has 1 amide bonds. The highest BCUT2D eigenvalue weighted by Crippen LogP contribution is 2.39. The highest BCUT2D eigenvalue weighted by molar-refractivity contribution is 7.11. The fraction of sp³-hybridized carbons (Fsp3) is 0.472. The normalized spacial score (nSPS) is 18.7. The van der Waals surface area contributed by atoms with Gasteiger partial charge in [0.1, 0.15) is 11.9 Å². The van der Waals surface area contributed by atoms with E-state index in [9.17, 15) is 18.8 Å². The monoisotopic (exact) mass is 698 g/mol. The maximum absolute atomic E-state index is 14.6. The second-order valence-corrected chi connectivity index (χ2v) is 13.7. The molecule has 0 saturated carbocycles. The lowest BCUT2D eigenvalue weighted by molar-refractivity contribution is -0.147. The van der Waals surface area contributed by atoms with Gasteiger partial charge in [-0.25, -0.2) is 14.2 Å². The van der Waals surface area contributed by atoms with E-state index < -0.39 is 17.8 Å². The summed E-state index contributed by atoms with van der Waals surface area (Å²) in [5.74, 6) is -1.24. The molecule has 12 heteroatoms. The summed E-state index contributed by atoms with van der Waals surface area (Å²) >= 11 is 7.80. The molecule has 1 aromatic carbocycles. The number of methoxy groups -OCH3 is 1. The molecule has 3 unspecified atom stereocenters. The zero-order valence-corrected chi connectivity index (χ0v) is 29.8. The van der Waals surface area contributed by atoms with Gasteiger partial charge in [-0.05, 0) is 51.0 Å². The van der Waals surface area contributed by atoms with Gasteiger partial charge in [0, 0.05) is 47.9 Å². The van der Waals surface area contributed by atoms with E-state index in [0.717, 1.165) is 17.6 Å². The standard InChI is InChI=1S/C36H44ClFN4O5S/c1-7-47-36(45)30-28(40-33(34-39-16-17-48-34)41-32(30)25-12-9-13-27(38)31(25)37)15-14-22(4)10-8-11-24-18-29(43)42(19-21(2)3)20-26(24)23(5)35(44)46-6/h9,12-13,16-18,21,23,26,32H,4,7-8,10-11,14-15,19-20H2,1-3,5-6H3,(H,40,41). The van der Waals surface area contributed by atoms with Gasteiger partial charge in [-0.3, -0.25) is 14.6 Å². The summed E-state index contributed by atoms with van der Waals surface area (Å²) in [4.78, 5) is 49.8. The lowest BCUT2D eigenvalue weighted by Gasteiger charge is -2.36. The molecule has 0 saturated heterocycles. The van der Waals surface area contributed by atoms with Gasteiger partial charge in [0.2, 0.25) is 5.91 Å². The fourth-order valence-electron chi connectivity index (χ4n) is 6.11. The van der Waals surface area contributed by atoms with Crippen LogP contribution in [0.1, 0.15) is 76.4 Å². The van der Waals surface area contributed by atoms with Gasteiger partial charge >= 0.3 is 11.9 Å². The molecule has 3 atom stereocenters. The molecule has 0 spiro atoms. The summed E-state index contributed by atoms with van der Waals surface area (Å²) in [6, 6.07) is 3.54. The van der Waals surface area contributed by atoms with Crippen molar-refractivity contribution >= 4 is 46.6 Å². The topological polar surface area (TPSA) is 110 Å². The number of hydrogen-bond acceptors (Lipinski definition) is 9. The predicted octanol–water partition coefficient (Wildman–Crippen LogP) is 7.20. The van der Waals surface area contributed by atoms with Gasteiger partial charge in [-0.15, -0.1) is 11.3 Å². The molecule has 4 rings (SSSR count). The van der Waals surface area contributed by atoms with Crippen LogP contribution in [0.2, 0.25) is 5.02 Å². The number of allylic oxidation sites excluding steroid dienone is 2. The SMILES string of the molecule is C=C(CCCC1=CC(=O)N(CC(C)C)CC1C(C)C(=O)OC)CCC1=C(C(=O)OCC)C(c2cccc(F)c2Cl)N=C(c2nccs2)N1. The average Bonchev–Trinajstić information content (AvgIpc) is 3.60. The summed E-state index contributed by atoms with van der Waals surface area (Å²) in [6.07, 6.45) is 6.36. The Morgan fingerprint density at radius 3 is 2.67 bits per heavy atom. The van der Waals surface area contributed by atoms with Gasteiger partial charge in [-0.1, -0.05) is 62.2 Å². The summed E-state index contributed by atoms with van der Waals surface area (Å²) in [7, 11) is 1.39. The highest BCUT2D eigenvalue weighted by Gasteiger charge is 2.36. The number of aliphatic imine (C=N–C) groups is 1. The van der Waals surface area contributed by atoms with E-state index in [1.807, 2.05) is 17.2 Å². The van der Waals surface area contributed by atoms with Crippen LogP contribution in [0.5, 0.6) is 0 Å². The van der Waals surface area contributed by atoms with E-state index >= 15 is 0 Å². The smallest absolute Gasteiger partial charge is 0.338 e. The van der Waals surface area contributed by atoms with Gasteiger partial charge in [-0.2, -0.15) is 0 Å². The number of aromatic nitrogens is 1. The van der Waals surface area contributed by atoms with Crippen LogP contribution in [0.25, 0.3) is 0 Å². The van der Waals surface area contributed by atoms with Crippen LogP contribution in [0.15, 0.2) is 69.8 Å². The van der Waals surface area contributed by atoms with Crippen LogP contribution in [-0.4, -0.2) is 60.4 Å². The Bertz CT molecular complexity index is 1600. The average molecular weight is 699 g/mol. The minimum atomic E-state index is -0.907. The van der Waals surface area contributed by atoms with E-state index in [-0.39, 0.29) is 40.9 Å². The fourth-order valence-corrected chi connectivity index (χ4v) is 6.93. The first-order valence-corrected chi connectivity index (χ1v) is 17.5. The van der Waals surface area contributed by atoms with Crippen molar-refractivity contribution in [1.29, 1.82) is 0 Å². The third kappa shape index (κ3) is 8.99. The number of rotatable bonds is 15. The minimum Gasteiger partial charge on any atom is -0.469 e. The number of carbonyl (C=O) groups excluding carboxylic acids is 3. The predicted molar refractivity (Wildman–Crippen MR) is 186 cm³/mol. The molecule has 48 heavy (non-hydrogen) atoms. The Hall–Kier alpha value is -3.83. The second kappa shape index (κ2) is 17.0. The number of carbonyl (C=O) groups is 3. The zero-order valence-electron chi connectivity index (χ0n) is 28.2. The largest absolute Gasteiger partial charge is 0.469 e. The van der Waals surface area contributed by atoms with Crippen LogP contribution in [0.4, 0.5) is 4.39 Å². The third-order valence-electron chi connectivity index (χ3n) is 8.53. The van der Waals surface area contributed by atoms with Crippen LogP contribution < -0.4 is 5.32 Å². The number of nitrogens with zero attached hydrogens (tertiary/aromatic N) is 3. The number of hydrogen-bond donors (Lipinski definition) is 1. The molecule has 9 nitrogen and oxygen atoms in total. The maximum atomic E-state index is 14.6. The van der Waals surface area contributed by atoms with E-state index in [1.165, 1.54) is 30.6 Å². The molecule has 3 heterocycles. The quantitative estimate of drug-likeness (QED) is 0.155. The van der Waals surface area contributed by atoms with E-state index in [4.69, 9.17) is 26.1 Å². The number of thiazole rings is 1. The number of amides is 1. The molecular weight excluding hydrogens is 655 g/mol. The molecule has 0 aliphatic carbocycles. The zero-order chi connectivity index (χ0) is 35.0. The van der Waals surface area contributed by atoms with Crippen LogP contribution >= 0.6 is 22.9 Å². The van der Waals surface area contributed by atoms with E-state index in [0.29, 0.717) is 66.8 Å². The summed E-state index contributed by atoms with van der Waals surface area (Å²) < 4.78 is 25.1. The molecule has 1 N–H and O–H groups in total. The molecular formula is C36H44ClFN4O5S. The maximum Gasteiger partial charge on any atom is 0.338 e. The molecule has 0 bridgehead atoms. The Kier molecular flexibility index (Phi) is 13.1. The van der Waals surface area contributed by atoms with Gasteiger partial charge in [0.15, 0.2) is 10.8 Å². The Morgan fingerprint density at radius 2 is 2.00 bits per heavy atom. The van der Waals surface area contributed by atoms with E-state index in [1.54, 1.807) is 25.3 Å². The highest BCUT2D eigenvalue weighted by atomic mass is 35.5. The third-order valence-corrected chi connectivity index (χ3v) is 9.71. The first-order chi connectivity index (χ1) is 22.9. The molecule has 1 aromatic heterocycles. The van der Waals surface area contributed by atoms with Crippen molar-refractivity contribution in [2.45, 2.75) is 65.8 Å². The van der Waals surface area contributed by atoms with Crippen molar-refractivity contribution in [3.8, 4) is 0 Å². The number of benzene rings is 1. The summed E-state index contributed by atoms with van der Waals surface area (Å²) in [5.41, 5.74) is 3.09. The van der Waals surface area contributed by atoms with Gasteiger partial charge < -0.3 is 19.7 Å². The number of esters is 2. The van der Waals surface area contributed by atoms with E-state index in [2.05, 4.69) is 30.7 Å². The van der Waals surface area contributed by atoms with Crippen molar-refractivity contribution in [2.75, 3.05) is 26.8 Å². The molecule has 2 aromatic rings. The minimum absolute atomic E-state index is 0.0294. The summed E-state index contributed by atoms with van der Waals surface area (Å²) in [6.45, 7) is 13.3.